The summed E-state index contributed by atoms with van der Waals surface area (Å²) in [7, 11) is 0. The maximum absolute atomic E-state index is 13.9. The molecule has 170 valence electrons. The normalized spacial score (nSPS) is 49.1. The van der Waals surface area contributed by atoms with Crippen LogP contribution in [0.5, 0.6) is 0 Å². The molecule has 0 radical (unpaired) electrons. The zero-order chi connectivity index (χ0) is 21.8. The van der Waals surface area contributed by atoms with Crippen molar-refractivity contribution >= 4 is 11.8 Å². The second-order valence-corrected chi connectivity index (χ2v) is 11.8. The van der Waals surface area contributed by atoms with Gasteiger partial charge in [0, 0.05) is 17.8 Å². The van der Waals surface area contributed by atoms with Crippen molar-refractivity contribution in [3.05, 3.63) is 0 Å². The van der Waals surface area contributed by atoms with Gasteiger partial charge in [-0.3, -0.25) is 4.79 Å². The molecule has 0 unspecified atom stereocenters. The summed E-state index contributed by atoms with van der Waals surface area (Å²) in [5.41, 5.74) is 0.330. The van der Waals surface area contributed by atoms with E-state index < -0.39 is 5.97 Å². The molecule has 30 heavy (non-hydrogen) atoms. The molecule has 4 saturated carbocycles. The zero-order valence-electron chi connectivity index (χ0n) is 19.4. The summed E-state index contributed by atoms with van der Waals surface area (Å²) in [4.78, 5) is 24.9. The highest BCUT2D eigenvalue weighted by molar-refractivity contribution is 5.86. The molecule has 4 heteroatoms. The number of hydrogen-bond donors (Lipinski definition) is 1. The summed E-state index contributed by atoms with van der Waals surface area (Å²) < 4.78 is 0. The summed E-state index contributed by atoms with van der Waals surface area (Å²) in [5, 5.41) is 21.4. The number of ketones is 1. The molecule has 0 saturated heterocycles. The topological polar surface area (TPSA) is 77.4 Å². The third kappa shape index (κ3) is 3.27. The van der Waals surface area contributed by atoms with Gasteiger partial charge < -0.3 is 15.0 Å². The molecule has 4 aliphatic rings. The van der Waals surface area contributed by atoms with E-state index in [4.69, 9.17) is 0 Å². The van der Waals surface area contributed by atoms with Gasteiger partial charge in [0.25, 0.3) is 0 Å². The molecule has 4 fully saturated rings. The fourth-order valence-corrected chi connectivity index (χ4v) is 9.16. The lowest BCUT2D eigenvalue weighted by Crippen LogP contribution is -2.60. The first-order valence-electron chi connectivity index (χ1n) is 12.5. The van der Waals surface area contributed by atoms with Gasteiger partial charge in [0.15, 0.2) is 0 Å². The van der Waals surface area contributed by atoms with Crippen LogP contribution >= 0.6 is 0 Å². The number of carboxylic acids is 1. The average molecular weight is 418 g/mol. The van der Waals surface area contributed by atoms with Crippen molar-refractivity contribution in [3.63, 3.8) is 0 Å². The van der Waals surface area contributed by atoms with Crippen LogP contribution in [0.15, 0.2) is 0 Å². The summed E-state index contributed by atoms with van der Waals surface area (Å²) in [6.45, 7) is 9.22. The van der Waals surface area contributed by atoms with E-state index in [-0.39, 0.29) is 35.2 Å². The van der Waals surface area contributed by atoms with Crippen molar-refractivity contribution in [2.75, 3.05) is 0 Å². The number of rotatable bonds is 5. The minimum absolute atomic E-state index is 0.100. The number of carboxylic acid groups (broad SMARTS) is 1. The van der Waals surface area contributed by atoms with Crippen molar-refractivity contribution < 1.29 is 19.8 Å². The Hall–Kier alpha value is -0.900. The van der Waals surface area contributed by atoms with E-state index in [1.54, 1.807) is 0 Å². The maximum Gasteiger partial charge on any atom is 0.139 e. The molecular formula is C26H41O4-. The minimum Gasteiger partial charge on any atom is -0.550 e. The van der Waals surface area contributed by atoms with Crippen molar-refractivity contribution in [2.45, 2.75) is 98.0 Å². The standard InChI is InChI=1S/C26H42O4/c1-5-17-21-14-16(27)10-12-26(21,4)20-11-13-25(3)18(15(2)6-9-22(28)29)7-8-19(25)23(20)24(17)30/h15-21,23,27H,5-14H2,1-4H3,(H,28,29)/p-1/t15-,16-,17-,18-,19+,20+,21+,23+,25-,26-/m1/s1. The van der Waals surface area contributed by atoms with Gasteiger partial charge in [0.05, 0.1) is 6.10 Å². The highest BCUT2D eigenvalue weighted by Crippen LogP contribution is 2.68. The van der Waals surface area contributed by atoms with Gasteiger partial charge in [0.1, 0.15) is 5.78 Å². The van der Waals surface area contributed by atoms with Crippen molar-refractivity contribution in [2.24, 2.45) is 52.3 Å². The molecule has 0 spiro atoms. The van der Waals surface area contributed by atoms with Crippen molar-refractivity contribution in [1.82, 2.24) is 0 Å². The van der Waals surface area contributed by atoms with E-state index in [2.05, 4.69) is 27.7 Å². The Balaban J connectivity index is 1.62. The third-order valence-corrected chi connectivity index (χ3v) is 10.7. The van der Waals surface area contributed by atoms with Crippen LogP contribution in [0.2, 0.25) is 0 Å². The number of carbonyl (C=O) groups is 2. The first kappa shape index (κ1) is 22.3. The summed E-state index contributed by atoms with van der Waals surface area (Å²) >= 11 is 0. The molecule has 10 atom stereocenters. The highest BCUT2D eigenvalue weighted by Gasteiger charge is 2.64. The molecule has 0 aliphatic heterocycles. The van der Waals surface area contributed by atoms with E-state index in [0.717, 1.165) is 51.4 Å². The van der Waals surface area contributed by atoms with Crippen LogP contribution in [0.3, 0.4) is 0 Å². The Kier molecular flexibility index (Phi) is 5.87. The van der Waals surface area contributed by atoms with E-state index in [1.807, 2.05) is 0 Å². The predicted molar refractivity (Wildman–Crippen MR) is 114 cm³/mol. The van der Waals surface area contributed by atoms with E-state index in [9.17, 15) is 19.8 Å². The van der Waals surface area contributed by atoms with Gasteiger partial charge in [-0.2, -0.15) is 0 Å². The second kappa shape index (κ2) is 7.90. The molecule has 0 aromatic rings. The molecule has 0 heterocycles. The SMILES string of the molecule is CC[C@H]1C(=O)[C@@H]2[C@H](CC[C@]3(C)[C@@H]([C@H](C)CCC(=O)[O-])CC[C@@H]23)[C@@]2(C)CC[C@@H](O)C[C@@H]12. The smallest absolute Gasteiger partial charge is 0.139 e. The lowest BCUT2D eigenvalue weighted by atomic mass is 9.42. The molecule has 4 nitrogen and oxygen atoms in total. The number of fused-ring (bicyclic) bond motifs is 5. The number of aliphatic hydroxyl groups excluding tert-OH is 1. The molecule has 1 N–H and O–H groups in total. The Morgan fingerprint density at radius 3 is 2.43 bits per heavy atom. The highest BCUT2D eigenvalue weighted by atomic mass is 16.4. The molecule has 4 rings (SSSR count). The summed E-state index contributed by atoms with van der Waals surface area (Å²) in [6, 6.07) is 0. The Bertz CT molecular complexity index is 689. The summed E-state index contributed by atoms with van der Waals surface area (Å²) in [5.74, 6) is 1.93. The largest absolute Gasteiger partial charge is 0.550 e. The fourth-order valence-electron chi connectivity index (χ4n) is 9.16. The van der Waals surface area contributed by atoms with E-state index in [0.29, 0.717) is 41.8 Å². The van der Waals surface area contributed by atoms with Crippen LogP contribution in [0, 0.1) is 52.3 Å². The van der Waals surface area contributed by atoms with Crippen LogP contribution in [-0.2, 0) is 9.59 Å². The molecule has 0 bridgehead atoms. The van der Waals surface area contributed by atoms with Crippen LogP contribution in [0.25, 0.3) is 0 Å². The van der Waals surface area contributed by atoms with E-state index >= 15 is 0 Å². The molecule has 4 aliphatic carbocycles. The van der Waals surface area contributed by atoms with Gasteiger partial charge in [0.2, 0.25) is 0 Å². The number of hydrogen-bond acceptors (Lipinski definition) is 4. The quantitative estimate of drug-likeness (QED) is 0.734. The van der Waals surface area contributed by atoms with Crippen LogP contribution in [-0.4, -0.2) is 23.0 Å². The first-order chi connectivity index (χ1) is 14.1. The van der Waals surface area contributed by atoms with Crippen molar-refractivity contribution in [1.29, 1.82) is 0 Å². The number of aliphatic hydroxyl groups is 1. The van der Waals surface area contributed by atoms with Crippen LogP contribution < -0.4 is 5.11 Å². The van der Waals surface area contributed by atoms with Crippen LogP contribution in [0.1, 0.15) is 91.9 Å². The Morgan fingerprint density at radius 1 is 1.10 bits per heavy atom. The van der Waals surface area contributed by atoms with Crippen LogP contribution in [0.4, 0.5) is 0 Å². The number of Topliss-reactive ketones (excluding diaryl/α,β-unsaturated/α-hetero) is 1. The first-order valence-corrected chi connectivity index (χ1v) is 12.5. The van der Waals surface area contributed by atoms with Gasteiger partial charge in [-0.05, 0) is 105 Å². The molecular weight excluding hydrogens is 376 g/mol. The Morgan fingerprint density at radius 2 is 1.77 bits per heavy atom. The lowest BCUT2D eigenvalue weighted by Gasteiger charge is -2.62. The maximum atomic E-state index is 13.9. The van der Waals surface area contributed by atoms with Gasteiger partial charge >= 0.3 is 0 Å². The van der Waals surface area contributed by atoms with Gasteiger partial charge in [-0.15, -0.1) is 0 Å². The monoisotopic (exact) mass is 417 g/mol. The average Bonchev–Trinajstić information content (AvgIpc) is 3.05. The lowest BCUT2D eigenvalue weighted by molar-refractivity contribution is -0.306. The molecule has 0 aromatic heterocycles. The summed E-state index contributed by atoms with van der Waals surface area (Å²) in [6.07, 6.45) is 8.74. The zero-order valence-corrected chi connectivity index (χ0v) is 19.4. The van der Waals surface area contributed by atoms with Gasteiger partial charge in [-0.25, -0.2) is 0 Å². The minimum atomic E-state index is -0.947. The van der Waals surface area contributed by atoms with E-state index in [1.165, 1.54) is 0 Å². The van der Waals surface area contributed by atoms with Crippen molar-refractivity contribution in [3.8, 4) is 0 Å². The number of aliphatic carboxylic acids is 1. The molecule has 0 amide bonds. The molecule has 0 aromatic carbocycles. The fraction of sp³-hybridized carbons (Fsp3) is 0.923. The third-order valence-electron chi connectivity index (χ3n) is 10.7. The van der Waals surface area contributed by atoms with Gasteiger partial charge in [-0.1, -0.05) is 27.7 Å². The predicted octanol–water partition coefficient (Wildman–Crippen LogP) is 3.99. The Labute approximate surface area is 182 Å². The second-order valence-electron chi connectivity index (χ2n) is 11.8. The number of carbonyl (C=O) groups excluding carboxylic acids is 2.